The molecule has 2 rings (SSSR count). The van der Waals surface area contributed by atoms with Gasteiger partial charge in [0, 0.05) is 13.0 Å². The lowest BCUT2D eigenvalue weighted by Crippen LogP contribution is -2.57. The second-order valence-electron chi connectivity index (χ2n) is 8.89. The molecule has 1 saturated heterocycles. The van der Waals surface area contributed by atoms with Gasteiger partial charge in [-0.05, 0) is 51.1 Å². The number of likely N-dealkylation sites (tertiary alicyclic amines) is 1. The zero-order valence-electron chi connectivity index (χ0n) is 20.1. The van der Waals surface area contributed by atoms with E-state index in [9.17, 15) is 29.4 Å². The first-order valence-corrected chi connectivity index (χ1v) is 12.0. The lowest BCUT2D eigenvalue weighted by Gasteiger charge is -2.29. The van der Waals surface area contributed by atoms with Crippen LogP contribution in [0.5, 0.6) is 0 Å². The summed E-state index contributed by atoms with van der Waals surface area (Å²) >= 11 is 0. The van der Waals surface area contributed by atoms with Gasteiger partial charge >= 0.3 is 5.97 Å². The number of rotatable bonds is 13. The molecule has 1 aliphatic rings. The van der Waals surface area contributed by atoms with Crippen LogP contribution in [-0.2, 0) is 25.6 Å². The van der Waals surface area contributed by atoms with Crippen molar-refractivity contribution >= 4 is 23.7 Å². The van der Waals surface area contributed by atoms with Gasteiger partial charge in [0.25, 0.3) is 0 Å². The monoisotopic (exact) mass is 491 g/mol. The summed E-state index contributed by atoms with van der Waals surface area (Å²) in [5.41, 5.74) is 12.1. The first-order valence-electron chi connectivity index (χ1n) is 12.0. The van der Waals surface area contributed by atoms with Gasteiger partial charge in [-0.15, -0.1) is 0 Å². The van der Waals surface area contributed by atoms with E-state index >= 15 is 0 Å². The maximum Gasteiger partial charge on any atom is 0.326 e. The van der Waals surface area contributed by atoms with Crippen molar-refractivity contribution in [3.63, 3.8) is 0 Å². The Bertz CT molecular complexity index is 865. The van der Waals surface area contributed by atoms with Crippen molar-refractivity contribution in [3.8, 4) is 0 Å². The van der Waals surface area contributed by atoms with Gasteiger partial charge in [-0.1, -0.05) is 30.3 Å². The first-order chi connectivity index (χ1) is 16.6. The number of hydrogen-bond donors (Lipinski definition) is 6. The van der Waals surface area contributed by atoms with E-state index in [1.807, 2.05) is 6.07 Å². The Kier molecular flexibility index (Phi) is 11.1. The number of amides is 3. The minimum atomic E-state index is -1.19. The molecule has 0 bridgehead atoms. The van der Waals surface area contributed by atoms with E-state index in [0.29, 0.717) is 38.8 Å². The Labute approximate surface area is 205 Å². The van der Waals surface area contributed by atoms with Crippen molar-refractivity contribution in [1.82, 2.24) is 15.5 Å². The highest BCUT2D eigenvalue weighted by Crippen LogP contribution is 2.19. The molecule has 0 aromatic heterocycles. The minimum absolute atomic E-state index is 0.0908. The molecular weight excluding hydrogens is 454 g/mol. The fourth-order valence-electron chi connectivity index (χ4n) is 4.05. The van der Waals surface area contributed by atoms with Gasteiger partial charge in [0.1, 0.15) is 24.2 Å². The lowest BCUT2D eigenvalue weighted by molar-refractivity contribution is -0.143. The summed E-state index contributed by atoms with van der Waals surface area (Å²) < 4.78 is 0. The standard InChI is InChI=1S/C24H37N5O6/c1-15(30)20(26)23(33)29-13-7-11-19(29)22(32)27-17(10-5-6-12-25)21(31)28-18(24(34)35)14-16-8-3-2-4-9-16/h2-4,8-9,15,17-20,30H,5-7,10-14,25-26H2,1H3,(H,27,32)(H,28,31)(H,34,35). The van der Waals surface area contributed by atoms with Crippen LogP contribution >= 0.6 is 0 Å². The van der Waals surface area contributed by atoms with Crippen LogP contribution in [0.3, 0.4) is 0 Å². The van der Waals surface area contributed by atoms with Gasteiger partial charge in [-0.3, -0.25) is 14.4 Å². The number of carbonyl (C=O) groups excluding carboxylic acids is 3. The molecule has 1 aromatic rings. The van der Waals surface area contributed by atoms with Gasteiger partial charge in [0.15, 0.2) is 0 Å². The van der Waals surface area contributed by atoms with E-state index in [4.69, 9.17) is 11.5 Å². The smallest absolute Gasteiger partial charge is 0.326 e. The number of hydrogen-bond acceptors (Lipinski definition) is 7. The zero-order chi connectivity index (χ0) is 26.0. The topological polar surface area (TPSA) is 188 Å². The van der Waals surface area contributed by atoms with E-state index in [1.54, 1.807) is 24.3 Å². The minimum Gasteiger partial charge on any atom is -0.480 e. The Hall–Kier alpha value is -3.02. The Morgan fingerprint density at radius 1 is 1.11 bits per heavy atom. The fourth-order valence-corrected chi connectivity index (χ4v) is 4.05. The molecule has 1 fully saturated rings. The number of benzene rings is 1. The van der Waals surface area contributed by atoms with Crippen molar-refractivity contribution < 1.29 is 29.4 Å². The molecule has 35 heavy (non-hydrogen) atoms. The van der Waals surface area contributed by atoms with E-state index < -0.39 is 54.0 Å². The molecule has 11 heteroatoms. The van der Waals surface area contributed by atoms with Crippen molar-refractivity contribution in [3.05, 3.63) is 35.9 Å². The number of carboxylic acid groups (broad SMARTS) is 1. The molecule has 0 aliphatic carbocycles. The number of carbonyl (C=O) groups is 4. The third-order valence-electron chi connectivity index (χ3n) is 6.12. The molecular formula is C24H37N5O6. The summed E-state index contributed by atoms with van der Waals surface area (Å²) in [7, 11) is 0. The number of aliphatic hydroxyl groups excluding tert-OH is 1. The largest absolute Gasteiger partial charge is 0.480 e. The van der Waals surface area contributed by atoms with E-state index in [-0.39, 0.29) is 12.8 Å². The molecule has 194 valence electrons. The van der Waals surface area contributed by atoms with E-state index in [2.05, 4.69) is 10.6 Å². The van der Waals surface area contributed by atoms with Crippen LogP contribution in [0, 0.1) is 0 Å². The van der Waals surface area contributed by atoms with Crippen LogP contribution in [0.4, 0.5) is 0 Å². The van der Waals surface area contributed by atoms with Crippen LogP contribution < -0.4 is 22.1 Å². The Morgan fingerprint density at radius 3 is 2.40 bits per heavy atom. The number of unbranched alkanes of at least 4 members (excludes halogenated alkanes) is 1. The lowest BCUT2D eigenvalue weighted by atomic mass is 10.0. The zero-order valence-corrected chi connectivity index (χ0v) is 20.1. The van der Waals surface area contributed by atoms with Crippen LogP contribution in [0.25, 0.3) is 0 Å². The summed E-state index contributed by atoms with van der Waals surface area (Å²) in [6.07, 6.45) is 1.44. The number of carboxylic acids is 1. The summed E-state index contributed by atoms with van der Waals surface area (Å²) in [6.45, 7) is 2.13. The summed E-state index contributed by atoms with van der Waals surface area (Å²) in [6, 6.07) is 4.78. The molecule has 0 saturated carbocycles. The van der Waals surface area contributed by atoms with Gasteiger partial charge in [-0.2, -0.15) is 0 Å². The molecule has 1 aliphatic heterocycles. The quantitative estimate of drug-likeness (QED) is 0.192. The van der Waals surface area contributed by atoms with Crippen LogP contribution in [0.2, 0.25) is 0 Å². The van der Waals surface area contributed by atoms with E-state index in [1.165, 1.54) is 11.8 Å². The maximum atomic E-state index is 13.1. The fraction of sp³-hybridized carbons (Fsp3) is 0.583. The number of nitrogens with two attached hydrogens (primary N) is 2. The molecule has 0 spiro atoms. The van der Waals surface area contributed by atoms with Gasteiger partial charge < -0.3 is 37.2 Å². The highest BCUT2D eigenvalue weighted by atomic mass is 16.4. The van der Waals surface area contributed by atoms with Gasteiger partial charge in [0.2, 0.25) is 17.7 Å². The molecule has 5 atom stereocenters. The third-order valence-corrected chi connectivity index (χ3v) is 6.12. The van der Waals surface area contributed by atoms with Gasteiger partial charge in [-0.25, -0.2) is 4.79 Å². The molecule has 0 radical (unpaired) electrons. The Morgan fingerprint density at radius 2 is 1.80 bits per heavy atom. The van der Waals surface area contributed by atoms with Gasteiger partial charge in [0.05, 0.1) is 6.10 Å². The summed E-state index contributed by atoms with van der Waals surface area (Å²) in [5, 5.41) is 24.5. The highest BCUT2D eigenvalue weighted by molar-refractivity contribution is 5.94. The van der Waals surface area contributed by atoms with Crippen LogP contribution in [0.1, 0.15) is 44.6 Å². The number of nitrogens with one attached hydrogen (secondary N) is 2. The predicted octanol–water partition coefficient (Wildman–Crippen LogP) is -0.889. The molecule has 1 aromatic carbocycles. The molecule has 5 unspecified atom stereocenters. The number of nitrogens with zero attached hydrogens (tertiary/aromatic N) is 1. The van der Waals surface area contributed by atoms with Crippen molar-refractivity contribution in [2.45, 2.75) is 75.7 Å². The van der Waals surface area contributed by atoms with Crippen molar-refractivity contribution in [2.75, 3.05) is 13.1 Å². The first kappa shape index (κ1) is 28.2. The second-order valence-corrected chi connectivity index (χ2v) is 8.89. The molecule has 8 N–H and O–H groups in total. The maximum absolute atomic E-state index is 13.1. The molecule has 1 heterocycles. The normalized spacial score (nSPS) is 18.9. The second kappa shape index (κ2) is 13.8. The van der Waals surface area contributed by atoms with Crippen LogP contribution in [-0.4, -0.2) is 82.2 Å². The van der Waals surface area contributed by atoms with E-state index in [0.717, 1.165) is 5.56 Å². The summed E-state index contributed by atoms with van der Waals surface area (Å²) in [5.74, 6) is -2.85. The van der Waals surface area contributed by atoms with Crippen molar-refractivity contribution in [1.29, 1.82) is 0 Å². The molecule has 3 amide bonds. The molecule has 11 nitrogen and oxygen atoms in total. The SMILES string of the molecule is CC(O)C(N)C(=O)N1CCCC1C(=O)NC(CCCCN)C(=O)NC(Cc1ccccc1)C(=O)O. The number of aliphatic carboxylic acids is 1. The third kappa shape index (κ3) is 8.30. The highest BCUT2D eigenvalue weighted by Gasteiger charge is 2.38. The summed E-state index contributed by atoms with van der Waals surface area (Å²) in [4.78, 5) is 51.9. The van der Waals surface area contributed by atoms with Crippen molar-refractivity contribution in [2.24, 2.45) is 11.5 Å². The van der Waals surface area contributed by atoms with Crippen LogP contribution in [0.15, 0.2) is 30.3 Å². The average molecular weight is 492 g/mol. The predicted molar refractivity (Wildman–Crippen MR) is 129 cm³/mol. The number of aliphatic hydroxyl groups is 1. The average Bonchev–Trinajstić information content (AvgIpc) is 3.32. The Balaban J connectivity index is 2.11.